The fourth-order valence-electron chi connectivity index (χ4n) is 3.03. The van der Waals surface area contributed by atoms with Gasteiger partial charge in [-0.15, -0.1) is 0 Å². The summed E-state index contributed by atoms with van der Waals surface area (Å²) in [4.78, 5) is 12.8. The average Bonchev–Trinajstić information content (AvgIpc) is 2.78. The Morgan fingerprint density at radius 1 is 1.00 bits per heavy atom. The number of carbonyl (C=O) groups excluding carboxylic acids is 1. The Bertz CT molecular complexity index is 1190. The number of anilines is 1. The molecule has 0 saturated heterocycles. The van der Waals surface area contributed by atoms with E-state index in [1.807, 2.05) is 31.2 Å². The van der Waals surface area contributed by atoms with Crippen LogP contribution >= 0.6 is 23.2 Å². The van der Waals surface area contributed by atoms with E-state index in [1.165, 1.54) is 30.3 Å². The summed E-state index contributed by atoms with van der Waals surface area (Å²) in [6, 6.07) is 19.6. The van der Waals surface area contributed by atoms with Crippen LogP contribution in [0.15, 0.2) is 77.7 Å². The predicted molar refractivity (Wildman–Crippen MR) is 127 cm³/mol. The van der Waals surface area contributed by atoms with Crippen LogP contribution in [0.1, 0.15) is 12.5 Å². The van der Waals surface area contributed by atoms with Crippen LogP contribution in [-0.2, 0) is 21.4 Å². The number of amides is 1. The molecule has 0 aliphatic carbocycles. The number of benzene rings is 3. The topological polar surface area (TPSA) is 75.7 Å². The van der Waals surface area contributed by atoms with Gasteiger partial charge in [0.25, 0.3) is 10.0 Å². The lowest BCUT2D eigenvalue weighted by atomic mass is 10.2. The number of hydrogen-bond donors (Lipinski definition) is 1. The maximum Gasteiger partial charge on any atom is 0.264 e. The number of carbonyl (C=O) groups is 1. The third kappa shape index (κ3) is 5.73. The average molecular weight is 493 g/mol. The first-order chi connectivity index (χ1) is 15.3. The number of nitrogens with zero attached hydrogens (tertiary/aromatic N) is 1. The van der Waals surface area contributed by atoms with Crippen molar-refractivity contribution in [2.24, 2.45) is 0 Å². The fraction of sp³-hybridized carbons (Fsp3) is 0.174. The molecule has 9 heteroatoms. The molecule has 0 saturated carbocycles. The minimum atomic E-state index is -4.06. The van der Waals surface area contributed by atoms with Gasteiger partial charge >= 0.3 is 0 Å². The van der Waals surface area contributed by atoms with Crippen molar-refractivity contribution >= 4 is 44.8 Å². The Morgan fingerprint density at radius 3 is 2.38 bits per heavy atom. The molecule has 3 rings (SSSR count). The first-order valence-electron chi connectivity index (χ1n) is 9.83. The zero-order valence-corrected chi connectivity index (χ0v) is 19.6. The molecule has 0 unspecified atom stereocenters. The molecule has 0 heterocycles. The molecule has 0 spiro atoms. The first kappa shape index (κ1) is 23.9. The van der Waals surface area contributed by atoms with Crippen molar-refractivity contribution in [2.75, 3.05) is 17.5 Å². The number of nitrogens with one attached hydrogen (secondary N) is 1. The van der Waals surface area contributed by atoms with Crippen molar-refractivity contribution in [2.45, 2.75) is 18.4 Å². The maximum absolute atomic E-state index is 13.4. The zero-order chi connectivity index (χ0) is 23.1. The molecule has 0 aliphatic heterocycles. The molecule has 3 aromatic rings. The lowest BCUT2D eigenvalue weighted by molar-refractivity contribution is -0.119. The summed E-state index contributed by atoms with van der Waals surface area (Å²) in [6.45, 7) is 2.08. The van der Waals surface area contributed by atoms with Gasteiger partial charge in [-0.1, -0.05) is 59.6 Å². The largest absolute Gasteiger partial charge is 0.494 e. The third-order valence-corrected chi connectivity index (χ3v) is 6.86. The van der Waals surface area contributed by atoms with Crippen molar-refractivity contribution in [3.8, 4) is 5.75 Å². The van der Waals surface area contributed by atoms with Gasteiger partial charge in [-0.25, -0.2) is 8.42 Å². The summed E-state index contributed by atoms with van der Waals surface area (Å²) in [6.07, 6.45) is 0. The molecule has 1 N–H and O–H groups in total. The normalized spacial score (nSPS) is 11.1. The number of hydrogen-bond acceptors (Lipinski definition) is 4. The first-order valence-corrected chi connectivity index (χ1v) is 12.0. The van der Waals surface area contributed by atoms with Gasteiger partial charge in [-0.2, -0.15) is 0 Å². The smallest absolute Gasteiger partial charge is 0.264 e. The van der Waals surface area contributed by atoms with E-state index in [9.17, 15) is 13.2 Å². The molecule has 0 aromatic heterocycles. The second-order valence-electron chi connectivity index (χ2n) is 6.74. The van der Waals surface area contributed by atoms with Crippen LogP contribution in [0.25, 0.3) is 0 Å². The van der Waals surface area contributed by atoms with E-state index in [-0.39, 0.29) is 22.2 Å². The van der Waals surface area contributed by atoms with Gasteiger partial charge in [0.1, 0.15) is 12.3 Å². The Balaban J connectivity index is 1.87. The molecule has 1 amide bonds. The van der Waals surface area contributed by atoms with Gasteiger partial charge in [-0.05, 0) is 43.3 Å². The quantitative estimate of drug-likeness (QED) is 0.460. The number of para-hydroxylation sites is 1. The van der Waals surface area contributed by atoms with Gasteiger partial charge in [0.2, 0.25) is 5.91 Å². The van der Waals surface area contributed by atoms with Crippen molar-refractivity contribution in [3.63, 3.8) is 0 Å². The molecule has 168 valence electrons. The van der Waals surface area contributed by atoms with Crippen molar-refractivity contribution in [1.29, 1.82) is 0 Å². The van der Waals surface area contributed by atoms with Crippen LogP contribution in [0.4, 0.5) is 5.69 Å². The van der Waals surface area contributed by atoms with E-state index in [1.54, 1.807) is 18.2 Å². The lowest BCUT2D eigenvalue weighted by Crippen LogP contribution is -2.40. The summed E-state index contributed by atoms with van der Waals surface area (Å²) < 4.78 is 33.3. The second-order valence-corrected chi connectivity index (χ2v) is 9.44. The standard InChI is InChI=1S/C23H22Cl2N2O4S/c1-2-31-22-11-7-6-8-17(22)15-26-23(28)16-27(21-13-12-18(24)14-20(21)25)32(29,30)19-9-4-3-5-10-19/h3-14H,2,15-16H2,1H3,(H,26,28). The molecule has 0 bridgehead atoms. The molecule has 0 radical (unpaired) electrons. The number of halogens is 2. The highest BCUT2D eigenvalue weighted by Gasteiger charge is 2.28. The maximum atomic E-state index is 13.4. The molecule has 0 atom stereocenters. The predicted octanol–water partition coefficient (Wildman–Crippen LogP) is 4.90. The van der Waals surface area contributed by atoms with Gasteiger partial charge in [0.15, 0.2) is 0 Å². The van der Waals surface area contributed by atoms with Crippen LogP contribution < -0.4 is 14.4 Å². The zero-order valence-electron chi connectivity index (χ0n) is 17.3. The highest BCUT2D eigenvalue weighted by atomic mass is 35.5. The van der Waals surface area contributed by atoms with E-state index in [4.69, 9.17) is 27.9 Å². The molecule has 0 fully saturated rings. The van der Waals surface area contributed by atoms with Gasteiger partial charge < -0.3 is 10.1 Å². The van der Waals surface area contributed by atoms with E-state index in [2.05, 4.69) is 5.32 Å². The molecule has 32 heavy (non-hydrogen) atoms. The van der Waals surface area contributed by atoms with Crippen molar-refractivity contribution in [3.05, 3.63) is 88.4 Å². The Kier molecular flexibility index (Phi) is 8.01. The molecular formula is C23H22Cl2N2O4S. The molecule has 3 aromatic carbocycles. The van der Waals surface area contributed by atoms with Crippen LogP contribution in [0, 0.1) is 0 Å². The van der Waals surface area contributed by atoms with Crippen LogP contribution in [0.3, 0.4) is 0 Å². The summed E-state index contributed by atoms with van der Waals surface area (Å²) in [7, 11) is -4.06. The van der Waals surface area contributed by atoms with Gasteiger partial charge in [0.05, 0.1) is 22.2 Å². The summed E-state index contributed by atoms with van der Waals surface area (Å²) >= 11 is 12.3. The SMILES string of the molecule is CCOc1ccccc1CNC(=O)CN(c1ccc(Cl)cc1Cl)S(=O)(=O)c1ccccc1. The Morgan fingerprint density at radius 2 is 1.69 bits per heavy atom. The molecule has 6 nitrogen and oxygen atoms in total. The highest BCUT2D eigenvalue weighted by molar-refractivity contribution is 7.92. The van der Waals surface area contributed by atoms with Crippen LogP contribution in [0.2, 0.25) is 10.0 Å². The summed E-state index contributed by atoms with van der Waals surface area (Å²) in [5.41, 5.74) is 0.939. The lowest BCUT2D eigenvalue weighted by Gasteiger charge is -2.25. The Labute approximate surface area is 197 Å². The third-order valence-electron chi connectivity index (χ3n) is 4.55. The van der Waals surface area contributed by atoms with E-state index >= 15 is 0 Å². The van der Waals surface area contributed by atoms with Crippen LogP contribution in [0.5, 0.6) is 5.75 Å². The van der Waals surface area contributed by atoms with E-state index in [0.29, 0.717) is 17.4 Å². The number of rotatable bonds is 9. The van der Waals surface area contributed by atoms with Gasteiger partial charge in [0, 0.05) is 17.1 Å². The minimum Gasteiger partial charge on any atom is -0.494 e. The van der Waals surface area contributed by atoms with Gasteiger partial charge in [-0.3, -0.25) is 9.10 Å². The minimum absolute atomic E-state index is 0.0421. The van der Waals surface area contributed by atoms with E-state index < -0.39 is 22.5 Å². The van der Waals surface area contributed by atoms with Crippen molar-refractivity contribution in [1.82, 2.24) is 5.32 Å². The van der Waals surface area contributed by atoms with Crippen LogP contribution in [-0.4, -0.2) is 27.5 Å². The summed E-state index contributed by atoms with van der Waals surface area (Å²) in [5.74, 6) is 0.159. The van der Waals surface area contributed by atoms with Crippen molar-refractivity contribution < 1.29 is 17.9 Å². The Hall–Kier alpha value is -2.74. The number of sulfonamides is 1. The molecule has 0 aliphatic rings. The summed E-state index contributed by atoms with van der Waals surface area (Å²) in [5, 5.41) is 3.23. The number of ether oxygens (including phenoxy) is 1. The highest BCUT2D eigenvalue weighted by Crippen LogP contribution is 2.32. The van der Waals surface area contributed by atoms with E-state index in [0.717, 1.165) is 9.87 Å². The second kappa shape index (κ2) is 10.7. The fourth-order valence-corrected chi connectivity index (χ4v) is 5.05. The molecular weight excluding hydrogens is 471 g/mol. The monoisotopic (exact) mass is 492 g/mol.